The third kappa shape index (κ3) is 2.36. The number of benzene rings is 1. The third-order valence-corrected chi connectivity index (χ3v) is 2.86. The molecule has 2 N–H and O–H groups in total. The Morgan fingerprint density at radius 2 is 2.06 bits per heavy atom. The molecule has 0 amide bonds. The quantitative estimate of drug-likeness (QED) is 0.833. The Balaban J connectivity index is 2.19. The van der Waals surface area contributed by atoms with Crippen molar-refractivity contribution in [2.45, 2.75) is 11.6 Å². The first-order valence-corrected chi connectivity index (χ1v) is 6.03. The van der Waals surface area contributed by atoms with Crippen molar-refractivity contribution in [3.05, 3.63) is 41.7 Å². The van der Waals surface area contributed by atoms with Crippen LogP contribution in [0.25, 0.3) is 0 Å². The van der Waals surface area contributed by atoms with Crippen LogP contribution in [-0.2, 0) is 6.54 Å². The molecule has 16 heavy (non-hydrogen) atoms. The molecule has 0 spiro atoms. The Bertz CT molecular complexity index is 478. The third-order valence-electron chi connectivity index (χ3n) is 2.24. The van der Waals surface area contributed by atoms with Crippen molar-refractivity contribution in [3.63, 3.8) is 0 Å². The summed E-state index contributed by atoms with van der Waals surface area (Å²) >= 11 is 1.54. The maximum atomic E-state index is 12.7. The fraction of sp³-hybridized carbons (Fsp3) is 0.182. The van der Waals surface area contributed by atoms with Crippen molar-refractivity contribution < 1.29 is 4.39 Å². The highest BCUT2D eigenvalue weighted by molar-refractivity contribution is 7.98. The van der Waals surface area contributed by atoms with Crippen LogP contribution in [0, 0.1) is 5.82 Å². The molecule has 0 bridgehead atoms. The van der Waals surface area contributed by atoms with E-state index < -0.39 is 0 Å². The van der Waals surface area contributed by atoms with Crippen molar-refractivity contribution in [2.24, 2.45) is 0 Å². The molecule has 0 saturated heterocycles. The van der Waals surface area contributed by atoms with Crippen LogP contribution in [0.1, 0.15) is 5.56 Å². The average Bonchev–Trinajstić information content (AvgIpc) is 2.63. The van der Waals surface area contributed by atoms with Crippen LogP contribution in [0.4, 0.5) is 10.2 Å². The summed E-state index contributed by atoms with van der Waals surface area (Å²) in [6.45, 7) is 0.562. The predicted octanol–water partition coefficient (Wildman–Crippen LogP) is 2.37. The highest BCUT2D eigenvalue weighted by Gasteiger charge is 2.04. The zero-order valence-corrected chi connectivity index (χ0v) is 9.67. The van der Waals surface area contributed by atoms with Crippen molar-refractivity contribution in [3.8, 4) is 0 Å². The minimum absolute atomic E-state index is 0.234. The second-order valence-electron chi connectivity index (χ2n) is 3.40. The second-order valence-corrected chi connectivity index (χ2v) is 4.22. The molecule has 2 aromatic rings. The van der Waals surface area contributed by atoms with Crippen LogP contribution < -0.4 is 5.73 Å². The first-order chi connectivity index (χ1) is 7.69. The van der Waals surface area contributed by atoms with Gasteiger partial charge in [-0.15, -0.1) is 11.8 Å². The lowest BCUT2D eigenvalue weighted by molar-refractivity contribution is 0.624. The standard InChI is InChI=1S/C11H12FN3S/c1-16-11-6-10(13)15(14-11)7-8-2-4-9(12)5-3-8/h2-6H,7,13H2,1H3. The lowest BCUT2D eigenvalue weighted by Crippen LogP contribution is -2.05. The largest absolute Gasteiger partial charge is 0.384 e. The van der Waals surface area contributed by atoms with E-state index in [0.29, 0.717) is 12.4 Å². The van der Waals surface area contributed by atoms with E-state index in [1.54, 1.807) is 28.6 Å². The summed E-state index contributed by atoms with van der Waals surface area (Å²) in [5.41, 5.74) is 6.78. The van der Waals surface area contributed by atoms with E-state index in [1.165, 1.54) is 12.1 Å². The summed E-state index contributed by atoms with van der Waals surface area (Å²) in [6, 6.07) is 8.16. The van der Waals surface area contributed by atoms with E-state index in [2.05, 4.69) is 5.10 Å². The van der Waals surface area contributed by atoms with E-state index in [4.69, 9.17) is 5.73 Å². The van der Waals surface area contributed by atoms with Gasteiger partial charge in [-0.3, -0.25) is 0 Å². The number of nitrogens with two attached hydrogens (primary N) is 1. The summed E-state index contributed by atoms with van der Waals surface area (Å²) in [5, 5.41) is 5.20. The predicted molar refractivity (Wildman–Crippen MR) is 63.9 cm³/mol. The molecule has 1 aromatic heterocycles. The van der Waals surface area contributed by atoms with Gasteiger partial charge in [0.15, 0.2) is 0 Å². The van der Waals surface area contributed by atoms with Gasteiger partial charge in [-0.05, 0) is 24.0 Å². The molecular weight excluding hydrogens is 225 g/mol. The molecule has 1 heterocycles. The average molecular weight is 237 g/mol. The summed E-state index contributed by atoms with van der Waals surface area (Å²) in [7, 11) is 0. The van der Waals surface area contributed by atoms with Crippen LogP contribution in [0.2, 0.25) is 0 Å². The van der Waals surface area contributed by atoms with Gasteiger partial charge in [0.1, 0.15) is 16.7 Å². The normalized spacial score (nSPS) is 10.6. The Morgan fingerprint density at radius 1 is 1.38 bits per heavy atom. The first kappa shape index (κ1) is 11.0. The fourth-order valence-corrected chi connectivity index (χ4v) is 1.81. The number of nitrogens with zero attached hydrogens (tertiary/aromatic N) is 2. The smallest absolute Gasteiger partial charge is 0.123 e. The molecule has 5 heteroatoms. The lowest BCUT2D eigenvalue weighted by atomic mass is 10.2. The molecule has 3 nitrogen and oxygen atoms in total. The van der Waals surface area contributed by atoms with Crippen LogP contribution in [0.15, 0.2) is 35.4 Å². The molecule has 84 valence electrons. The summed E-state index contributed by atoms with van der Waals surface area (Å²) in [5.74, 6) is 0.385. The molecule has 0 radical (unpaired) electrons. The maximum absolute atomic E-state index is 12.7. The van der Waals surface area contributed by atoms with Crippen LogP contribution in [0.3, 0.4) is 0 Å². The van der Waals surface area contributed by atoms with Gasteiger partial charge in [0.25, 0.3) is 0 Å². The molecular formula is C11H12FN3S. The Morgan fingerprint density at radius 3 is 2.62 bits per heavy atom. The highest BCUT2D eigenvalue weighted by atomic mass is 32.2. The molecule has 0 atom stereocenters. The van der Waals surface area contributed by atoms with Gasteiger partial charge in [0.2, 0.25) is 0 Å². The van der Waals surface area contributed by atoms with E-state index in [9.17, 15) is 4.39 Å². The molecule has 0 unspecified atom stereocenters. The van der Waals surface area contributed by atoms with Crippen molar-refractivity contribution in [1.29, 1.82) is 0 Å². The topological polar surface area (TPSA) is 43.8 Å². The number of nitrogen functional groups attached to an aromatic ring is 1. The van der Waals surface area contributed by atoms with Crippen LogP contribution in [-0.4, -0.2) is 16.0 Å². The maximum Gasteiger partial charge on any atom is 0.123 e. The van der Waals surface area contributed by atoms with Crippen molar-refractivity contribution in [2.75, 3.05) is 12.0 Å². The monoisotopic (exact) mass is 237 g/mol. The van der Waals surface area contributed by atoms with E-state index in [1.807, 2.05) is 12.3 Å². The SMILES string of the molecule is CSc1cc(N)n(Cc2ccc(F)cc2)n1. The Kier molecular flexibility index (Phi) is 3.14. The minimum atomic E-state index is -0.234. The van der Waals surface area contributed by atoms with Crippen LogP contribution >= 0.6 is 11.8 Å². The zero-order chi connectivity index (χ0) is 11.5. The molecule has 0 aliphatic carbocycles. The Labute approximate surface area is 97.5 Å². The number of thioether (sulfide) groups is 1. The number of halogens is 1. The minimum Gasteiger partial charge on any atom is -0.384 e. The van der Waals surface area contributed by atoms with Gasteiger partial charge in [0.05, 0.1) is 6.54 Å². The van der Waals surface area contributed by atoms with Gasteiger partial charge in [0, 0.05) is 6.07 Å². The molecule has 0 aliphatic rings. The number of anilines is 1. The van der Waals surface area contributed by atoms with Crippen molar-refractivity contribution >= 4 is 17.6 Å². The second kappa shape index (κ2) is 4.57. The summed E-state index contributed by atoms with van der Waals surface area (Å²) in [6.07, 6.45) is 1.95. The van der Waals surface area contributed by atoms with Crippen molar-refractivity contribution in [1.82, 2.24) is 9.78 Å². The van der Waals surface area contributed by atoms with Gasteiger partial charge in [-0.2, -0.15) is 5.10 Å². The molecule has 0 aliphatic heterocycles. The van der Waals surface area contributed by atoms with Gasteiger partial charge >= 0.3 is 0 Å². The van der Waals surface area contributed by atoms with E-state index in [0.717, 1.165) is 10.6 Å². The first-order valence-electron chi connectivity index (χ1n) is 4.81. The van der Waals surface area contributed by atoms with Gasteiger partial charge in [-0.1, -0.05) is 12.1 Å². The fourth-order valence-electron chi connectivity index (χ4n) is 1.40. The van der Waals surface area contributed by atoms with E-state index >= 15 is 0 Å². The highest BCUT2D eigenvalue weighted by Crippen LogP contribution is 2.17. The molecule has 2 rings (SSSR count). The molecule has 0 fully saturated rings. The summed E-state index contributed by atoms with van der Waals surface area (Å²) in [4.78, 5) is 0. The molecule has 0 saturated carbocycles. The van der Waals surface area contributed by atoms with Gasteiger partial charge < -0.3 is 5.73 Å². The van der Waals surface area contributed by atoms with E-state index in [-0.39, 0.29) is 5.82 Å². The Hall–Kier alpha value is -1.49. The van der Waals surface area contributed by atoms with Gasteiger partial charge in [-0.25, -0.2) is 9.07 Å². The molecule has 1 aromatic carbocycles. The lowest BCUT2D eigenvalue weighted by Gasteiger charge is -2.03. The summed E-state index contributed by atoms with van der Waals surface area (Å²) < 4.78 is 14.4. The number of hydrogen-bond acceptors (Lipinski definition) is 3. The number of rotatable bonds is 3. The number of aromatic nitrogens is 2. The number of hydrogen-bond donors (Lipinski definition) is 1. The zero-order valence-electron chi connectivity index (χ0n) is 8.85. The van der Waals surface area contributed by atoms with Crippen LogP contribution in [0.5, 0.6) is 0 Å².